The van der Waals surface area contributed by atoms with E-state index in [0.717, 1.165) is 23.9 Å². The van der Waals surface area contributed by atoms with E-state index in [9.17, 15) is 0 Å². The van der Waals surface area contributed by atoms with Gasteiger partial charge in [0.2, 0.25) is 0 Å². The average Bonchev–Trinajstić information content (AvgIpc) is 3.06. The summed E-state index contributed by atoms with van der Waals surface area (Å²) < 4.78 is 7.04. The van der Waals surface area contributed by atoms with E-state index in [1.165, 1.54) is 29.2 Å². The normalized spacial score (nSPS) is 31.8. The van der Waals surface area contributed by atoms with Crippen molar-refractivity contribution in [3.8, 4) is 0 Å². The summed E-state index contributed by atoms with van der Waals surface area (Å²) >= 11 is 9.89. The predicted octanol–water partition coefficient (Wildman–Crippen LogP) is 4.35. The van der Waals surface area contributed by atoms with Crippen LogP contribution in [0.4, 0.5) is 0 Å². The third-order valence-electron chi connectivity index (χ3n) is 4.39. The van der Waals surface area contributed by atoms with E-state index in [0.29, 0.717) is 12.0 Å². The van der Waals surface area contributed by atoms with Gasteiger partial charge >= 0.3 is 0 Å². The Balaban J connectivity index is 1.76. The molecule has 0 bridgehead atoms. The van der Waals surface area contributed by atoms with Gasteiger partial charge < -0.3 is 10.1 Å². The summed E-state index contributed by atoms with van der Waals surface area (Å²) in [5.41, 5.74) is 0.155. The van der Waals surface area contributed by atoms with Gasteiger partial charge in [0.15, 0.2) is 0 Å². The first-order valence-electron chi connectivity index (χ1n) is 7.43. The Morgan fingerprint density at radius 2 is 2.45 bits per heavy atom. The highest BCUT2D eigenvalue weighted by atomic mass is 35.5. The quantitative estimate of drug-likeness (QED) is 0.886. The van der Waals surface area contributed by atoms with Gasteiger partial charge in [0.25, 0.3) is 0 Å². The fourth-order valence-corrected chi connectivity index (χ4v) is 6.04. The van der Waals surface area contributed by atoms with Crippen LogP contribution in [-0.4, -0.2) is 30.3 Å². The van der Waals surface area contributed by atoms with Crippen molar-refractivity contribution in [2.45, 2.75) is 37.8 Å². The summed E-state index contributed by atoms with van der Waals surface area (Å²) in [6.45, 7) is 4.09. The molecule has 3 unspecified atom stereocenters. The van der Waals surface area contributed by atoms with Crippen molar-refractivity contribution in [3.05, 3.63) is 21.3 Å². The SMILES string of the molecule is CCNC(c1ccc(Cl)s1)C1CCOC2(CCSC2)C1. The fourth-order valence-electron chi connectivity index (χ4n) is 3.43. The van der Waals surface area contributed by atoms with Gasteiger partial charge in [-0.05, 0) is 49.6 Å². The first-order chi connectivity index (χ1) is 9.72. The molecule has 0 aliphatic carbocycles. The Morgan fingerprint density at radius 3 is 3.10 bits per heavy atom. The highest BCUT2D eigenvalue weighted by Crippen LogP contribution is 2.45. The van der Waals surface area contributed by atoms with Crippen molar-refractivity contribution in [2.24, 2.45) is 5.92 Å². The molecule has 2 fully saturated rings. The average molecular weight is 332 g/mol. The van der Waals surface area contributed by atoms with Gasteiger partial charge in [-0.3, -0.25) is 0 Å². The first-order valence-corrected chi connectivity index (χ1v) is 9.78. The van der Waals surface area contributed by atoms with Crippen LogP contribution >= 0.6 is 34.7 Å². The molecule has 20 heavy (non-hydrogen) atoms. The number of hydrogen-bond acceptors (Lipinski definition) is 4. The highest BCUT2D eigenvalue weighted by molar-refractivity contribution is 7.99. The smallest absolute Gasteiger partial charge is 0.0931 e. The van der Waals surface area contributed by atoms with Crippen LogP contribution < -0.4 is 5.32 Å². The van der Waals surface area contributed by atoms with E-state index in [4.69, 9.17) is 16.3 Å². The van der Waals surface area contributed by atoms with E-state index < -0.39 is 0 Å². The second-order valence-electron chi connectivity index (χ2n) is 5.76. The molecule has 2 nitrogen and oxygen atoms in total. The number of thioether (sulfide) groups is 1. The molecule has 1 aromatic rings. The summed E-state index contributed by atoms with van der Waals surface area (Å²) in [5.74, 6) is 3.09. The van der Waals surface area contributed by atoms with Crippen LogP contribution in [0.25, 0.3) is 0 Å². The molecule has 1 aromatic heterocycles. The Morgan fingerprint density at radius 1 is 1.55 bits per heavy atom. The number of nitrogens with one attached hydrogen (secondary N) is 1. The summed E-state index contributed by atoms with van der Waals surface area (Å²) in [7, 11) is 0. The van der Waals surface area contributed by atoms with Gasteiger partial charge in [-0.15, -0.1) is 11.3 Å². The lowest BCUT2D eigenvalue weighted by molar-refractivity contribution is -0.0851. The molecule has 2 aliphatic heterocycles. The largest absolute Gasteiger partial charge is 0.374 e. The third kappa shape index (κ3) is 3.20. The van der Waals surface area contributed by atoms with Crippen molar-refractivity contribution < 1.29 is 4.74 Å². The molecule has 3 heterocycles. The predicted molar refractivity (Wildman–Crippen MR) is 89.1 cm³/mol. The molecule has 5 heteroatoms. The molecular weight excluding hydrogens is 310 g/mol. The van der Waals surface area contributed by atoms with Crippen LogP contribution in [-0.2, 0) is 4.74 Å². The van der Waals surface area contributed by atoms with Crippen LogP contribution in [0, 0.1) is 5.92 Å². The Kier molecular flexibility index (Phi) is 4.98. The maximum atomic E-state index is 6.15. The lowest BCUT2D eigenvalue weighted by Crippen LogP contribution is -2.43. The van der Waals surface area contributed by atoms with Crippen molar-refractivity contribution in [1.82, 2.24) is 5.32 Å². The molecule has 3 rings (SSSR count). The third-order valence-corrected chi connectivity index (χ3v) is 6.93. The minimum Gasteiger partial charge on any atom is -0.374 e. The Labute approximate surface area is 134 Å². The van der Waals surface area contributed by atoms with E-state index in [2.05, 4.69) is 18.3 Å². The number of ether oxygens (including phenoxy) is 1. The molecule has 0 radical (unpaired) electrons. The van der Waals surface area contributed by atoms with Gasteiger partial charge in [0.1, 0.15) is 0 Å². The van der Waals surface area contributed by atoms with Gasteiger partial charge in [0.05, 0.1) is 9.94 Å². The maximum Gasteiger partial charge on any atom is 0.0931 e. The molecule has 2 saturated heterocycles. The van der Waals surface area contributed by atoms with Gasteiger partial charge in [-0.25, -0.2) is 0 Å². The van der Waals surface area contributed by atoms with E-state index in [-0.39, 0.29) is 5.60 Å². The monoisotopic (exact) mass is 331 g/mol. The number of hydrogen-bond donors (Lipinski definition) is 1. The highest BCUT2D eigenvalue weighted by Gasteiger charge is 2.42. The molecule has 2 aliphatic rings. The minimum atomic E-state index is 0.155. The maximum absolute atomic E-state index is 6.15. The molecule has 112 valence electrons. The van der Waals surface area contributed by atoms with Crippen molar-refractivity contribution in [2.75, 3.05) is 24.7 Å². The van der Waals surface area contributed by atoms with Gasteiger partial charge in [0, 0.05) is 23.3 Å². The molecule has 0 amide bonds. The van der Waals surface area contributed by atoms with Crippen LogP contribution in [0.5, 0.6) is 0 Å². The van der Waals surface area contributed by atoms with Crippen LogP contribution in [0.15, 0.2) is 12.1 Å². The fraction of sp³-hybridized carbons (Fsp3) is 0.733. The molecule has 0 saturated carbocycles. The van der Waals surface area contributed by atoms with Crippen molar-refractivity contribution >= 4 is 34.7 Å². The lowest BCUT2D eigenvalue weighted by Gasteiger charge is -2.41. The standard InChI is InChI=1S/C15H22ClNOS2/c1-2-17-14(12-3-4-13(16)20-12)11-5-7-18-15(9-11)6-8-19-10-15/h3-4,11,14,17H,2,5-10H2,1H3. The summed E-state index contributed by atoms with van der Waals surface area (Å²) in [6, 6.07) is 4.64. The lowest BCUT2D eigenvalue weighted by atomic mass is 9.80. The zero-order valence-electron chi connectivity index (χ0n) is 11.9. The first kappa shape index (κ1) is 15.2. The molecule has 0 aromatic carbocycles. The molecular formula is C15H22ClNOS2. The molecule has 1 N–H and O–H groups in total. The topological polar surface area (TPSA) is 21.3 Å². The minimum absolute atomic E-state index is 0.155. The number of rotatable bonds is 4. The van der Waals surface area contributed by atoms with Crippen LogP contribution in [0.3, 0.4) is 0 Å². The Bertz CT molecular complexity index is 445. The second kappa shape index (κ2) is 6.57. The van der Waals surface area contributed by atoms with Gasteiger partial charge in [-0.2, -0.15) is 11.8 Å². The van der Waals surface area contributed by atoms with Crippen LogP contribution in [0.2, 0.25) is 4.34 Å². The summed E-state index contributed by atoms with van der Waals surface area (Å²) in [6.07, 6.45) is 3.56. The number of halogens is 1. The second-order valence-corrected chi connectivity index (χ2v) is 8.62. The van der Waals surface area contributed by atoms with E-state index in [1.807, 2.05) is 17.8 Å². The van der Waals surface area contributed by atoms with Gasteiger partial charge in [-0.1, -0.05) is 18.5 Å². The zero-order valence-corrected chi connectivity index (χ0v) is 14.3. The van der Waals surface area contributed by atoms with Crippen molar-refractivity contribution in [1.29, 1.82) is 0 Å². The van der Waals surface area contributed by atoms with E-state index >= 15 is 0 Å². The van der Waals surface area contributed by atoms with Crippen molar-refractivity contribution in [3.63, 3.8) is 0 Å². The zero-order chi connectivity index (χ0) is 14.0. The molecule has 3 atom stereocenters. The number of thiophene rings is 1. The molecule has 1 spiro atoms. The Hall–Kier alpha value is 0.260. The summed E-state index contributed by atoms with van der Waals surface area (Å²) in [4.78, 5) is 1.38. The summed E-state index contributed by atoms with van der Waals surface area (Å²) in [5, 5.41) is 3.68. The van der Waals surface area contributed by atoms with Crippen LogP contribution in [0.1, 0.15) is 37.1 Å². The van der Waals surface area contributed by atoms with E-state index in [1.54, 1.807) is 11.3 Å².